The van der Waals surface area contributed by atoms with Crippen LogP contribution >= 0.6 is 0 Å². The molecule has 1 aromatic rings. The topological polar surface area (TPSA) is 135 Å². The zero-order valence-corrected chi connectivity index (χ0v) is 16.1. The molecule has 0 unspecified atom stereocenters. The number of aliphatic hydroxyl groups excluding tert-OH is 1. The van der Waals surface area contributed by atoms with E-state index in [4.69, 9.17) is 23.7 Å². The van der Waals surface area contributed by atoms with Crippen molar-refractivity contribution >= 4 is 23.9 Å². The number of carbonyl (C=O) groups excluding carboxylic acids is 4. The van der Waals surface area contributed by atoms with Gasteiger partial charge in [0.05, 0.1) is 5.56 Å². The van der Waals surface area contributed by atoms with Crippen molar-refractivity contribution in [1.29, 1.82) is 0 Å². The number of hydrogen-bond donors (Lipinski definition) is 1. The standard InChI is InChI=1S/C19H22O10/c1-10(20)25-9-14-16(26-11(2)21)17(27-12(3)22)15(23)19(28-14)29-18(24)13-7-5-4-6-8-13/h4-8,14-17,19,23H,9H2,1-3H3/t14-,15-,16-,17-,19+/m1/s1. The van der Waals surface area contributed by atoms with Crippen LogP contribution in [0.15, 0.2) is 30.3 Å². The molecule has 1 aliphatic heterocycles. The molecule has 10 nitrogen and oxygen atoms in total. The highest BCUT2D eigenvalue weighted by molar-refractivity contribution is 5.89. The Morgan fingerprint density at radius 3 is 2.03 bits per heavy atom. The SMILES string of the molecule is CC(=O)OC[C@H]1O[C@@H](OC(=O)c2ccccc2)[C@H](O)[C@@H](OC(C)=O)[C@@H]1OC(C)=O. The number of ether oxygens (including phenoxy) is 5. The number of hydrogen-bond acceptors (Lipinski definition) is 10. The minimum absolute atomic E-state index is 0.200. The normalized spacial score (nSPS) is 26.1. The van der Waals surface area contributed by atoms with Crippen molar-refractivity contribution in [3.05, 3.63) is 35.9 Å². The Morgan fingerprint density at radius 2 is 1.48 bits per heavy atom. The van der Waals surface area contributed by atoms with Crippen LogP contribution in [-0.4, -0.2) is 66.3 Å². The van der Waals surface area contributed by atoms with E-state index in [0.29, 0.717) is 0 Å². The van der Waals surface area contributed by atoms with E-state index in [1.54, 1.807) is 18.2 Å². The van der Waals surface area contributed by atoms with Gasteiger partial charge in [-0.2, -0.15) is 0 Å². The van der Waals surface area contributed by atoms with E-state index in [-0.39, 0.29) is 5.56 Å². The second-order valence-corrected chi connectivity index (χ2v) is 6.26. The largest absolute Gasteiger partial charge is 0.463 e. The maximum absolute atomic E-state index is 12.3. The fourth-order valence-corrected chi connectivity index (χ4v) is 2.73. The lowest BCUT2D eigenvalue weighted by atomic mass is 9.98. The molecule has 1 N–H and O–H groups in total. The predicted molar refractivity (Wildman–Crippen MR) is 94.3 cm³/mol. The summed E-state index contributed by atoms with van der Waals surface area (Å²) < 4.78 is 25.9. The molecule has 0 amide bonds. The average Bonchev–Trinajstić information content (AvgIpc) is 2.65. The minimum Gasteiger partial charge on any atom is -0.463 e. The monoisotopic (exact) mass is 410 g/mol. The van der Waals surface area contributed by atoms with E-state index in [0.717, 1.165) is 20.8 Å². The molecule has 0 saturated carbocycles. The van der Waals surface area contributed by atoms with Crippen LogP contribution in [0.1, 0.15) is 31.1 Å². The van der Waals surface area contributed by atoms with Crippen molar-refractivity contribution in [1.82, 2.24) is 0 Å². The van der Waals surface area contributed by atoms with E-state index in [9.17, 15) is 24.3 Å². The third-order valence-electron chi connectivity index (χ3n) is 3.90. The number of carbonyl (C=O) groups is 4. The van der Waals surface area contributed by atoms with Crippen molar-refractivity contribution in [2.24, 2.45) is 0 Å². The lowest BCUT2D eigenvalue weighted by Gasteiger charge is -2.42. The van der Waals surface area contributed by atoms with Gasteiger partial charge < -0.3 is 28.8 Å². The molecular formula is C19H22O10. The number of aliphatic hydroxyl groups is 1. The fraction of sp³-hybridized carbons (Fsp3) is 0.474. The molecule has 5 atom stereocenters. The molecule has 0 bridgehead atoms. The second-order valence-electron chi connectivity index (χ2n) is 6.26. The first kappa shape index (κ1) is 22.3. The summed E-state index contributed by atoms with van der Waals surface area (Å²) in [6.45, 7) is 2.98. The van der Waals surface area contributed by atoms with Crippen molar-refractivity contribution < 1.29 is 48.0 Å². The van der Waals surface area contributed by atoms with Crippen LogP contribution in [0.2, 0.25) is 0 Å². The molecule has 29 heavy (non-hydrogen) atoms. The van der Waals surface area contributed by atoms with Gasteiger partial charge in [0.15, 0.2) is 18.3 Å². The highest BCUT2D eigenvalue weighted by Gasteiger charge is 2.51. The summed E-state index contributed by atoms with van der Waals surface area (Å²) in [5, 5.41) is 10.6. The molecule has 1 fully saturated rings. The minimum atomic E-state index is -1.66. The van der Waals surface area contributed by atoms with Crippen LogP contribution in [0.3, 0.4) is 0 Å². The van der Waals surface area contributed by atoms with Crippen LogP contribution in [0.4, 0.5) is 0 Å². The Hall–Kier alpha value is -2.98. The van der Waals surface area contributed by atoms with E-state index in [1.807, 2.05) is 0 Å². The summed E-state index contributed by atoms with van der Waals surface area (Å²) in [5.41, 5.74) is 0.200. The van der Waals surface area contributed by atoms with Gasteiger partial charge in [0.25, 0.3) is 0 Å². The molecule has 0 aromatic heterocycles. The highest BCUT2D eigenvalue weighted by Crippen LogP contribution is 2.28. The van der Waals surface area contributed by atoms with Gasteiger partial charge in [-0.25, -0.2) is 4.79 Å². The molecule has 2 rings (SSSR count). The number of rotatable bonds is 6. The van der Waals surface area contributed by atoms with Crippen LogP contribution < -0.4 is 0 Å². The van der Waals surface area contributed by atoms with Crippen molar-refractivity contribution in [3.8, 4) is 0 Å². The first-order valence-electron chi connectivity index (χ1n) is 8.76. The molecule has 0 spiro atoms. The fourth-order valence-electron chi connectivity index (χ4n) is 2.73. The van der Waals surface area contributed by atoms with Gasteiger partial charge in [0.1, 0.15) is 12.7 Å². The highest BCUT2D eigenvalue weighted by atomic mass is 16.7. The molecule has 158 valence electrons. The Bertz CT molecular complexity index is 747. The lowest BCUT2D eigenvalue weighted by molar-refractivity contribution is -0.291. The maximum Gasteiger partial charge on any atom is 0.340 e. The van der Waals surface area contributed by atoms with Crippen molar-refractivity contribution in [2.45, 2.75) is 51.5 Å². The summed E-state index contributed by atoms with van der Waals surface area (Å²) >= 11 is 0. The Labute approximate surface area is 166 Å². The second kappa shape index (κ2) is 9.99. The zero-order chi connectivity index (χ0) is 21.6. The summed E-state index contributed by atoms with van der Waals surface area (Å²) in [4.78, 5) is 46.5. The number of esters is 4. The van der Waals surface area contributed by atoms with E-state index < -0.39 is 61.2 Å². The van der Waals surface area contributed by atoms with Crippen LogP contribution in [0.5, 0.6) is 0 Å². The maximum atomic E-state index is 12.3. The van der Waals surface area contributed by atoms with Crippen LogP contribution in [-0.2, 0) is 38.1 Å². The Balaban J connectivity index is 2.27. The molecule has 1 aliphatic rings. The van der Waals surface area contributed by atoms with Gasteiger partial charge in [-0.3, -0.25) is 14.4 Å². The van der Waals surface area contributed by atoms with Crippen LogP contribution in [0, 0.1) is 0 Å². The summed E-state index contributed by atoms with van der Waals surface area (Å²) in [5.74, 6) is -2.94. The lowest BCUT2D eigenvalue weighted by Crippen LogP contribution is -2.62. The van der Waals surface area contributed by atoms with E-state index in [2.05, 4.69) is 0 Å². The first-order valence-corrected chi connectivity index (χ1v) is 8.76. The van der Waals surface area contributed by atoms with Crippen LogP contribution in [0.25, 0.3) is 0 Å². The van der Waals surface area contributed by atoms with Gasteiger partial charge in [0.2, 0.25) is 6.29 Å². The van der Waals surface area contributed by atoms with Crippen molar-refractivity contribution in [2.75, 3.05) is 6.61 Å². The van der Waals surface area contributed by atoms with E-state index >= 15 is 0 Å². The first-order chi connectivity index (χ1) is 13.7. The molecule has 10 heteroatoms. The molecular weight excluding hydrogens is 388 g/mol. The average molecular weight is 410 g/mol. The summed E-state index contributed by atoms with van der Waals surface area (Å²) in [7, 11) is 0. The Morgan fingerprint density at radius 1 is 0.897 bits per heavy atom. The van der Waals surface area contributed by atoms with Crippen molar-refractivity contribution in [3.63, 3.8) is 0 Å². The Kier molecular flexibility index (Phi) is 7.68. The third-order valence-corrected chi connectivity index (χ3v) is 3.90. The smallest absolute Gasteiger partial charge is 0.340 e. The zero-order valence-electron chi connectivity index (χ0n) is 16.1. The van der Waals surface area contributed by atoms with Gasteiger partial charge in [-0.15, -0.1) is 0 Å². The summed E-state index contributed by atoms with van der Waals surface area (Å²) in [6, 6.07) is 7.95. The van der Waals surface area contributed by atoms with E-state index in [1.165, 1.54) is 12.1 Å². The predicted octanol–water partition coefficient (Wildman–Crippen LogP) is 0.356. The van der Waals surface area contributed by atoms with Gasteiger partial charge in [-0.1, -0.05) is 18.2 Å². The number of benzene rings is 1. The molecule has 1 heterocycles. The van der Waals surface area contributed by atoms with Gasteiger partial charge >= 0.3 is 23.9 Å². The third kappa shape index (κ3) is 6.26. The van der Waals surface area contributed by atoms with Gasteiger partial charge in [-0.05, 0) is 12.1 Å². The molecule has 1 saturated heterocycles. The van der Waals surface area contributed by atoms with Gasteiger partial charge in [0, 0.05) is 20.8 Å². The quantitative estimate of drug-likeness (QED) is 0.517. The molecule has 1 aromatic carbocycles. The molecule has 0 radical (unpaired) electrons. The molecule has 0 aliphatic carbocycles. The summed E-state index contributed by atoms with van der Waals surface area (Å²) in [6.07, 6.45) is -7.11.